The van der Waals surface area contributed by atoms with Crippen LogP contribution in [0.3, 0.4) is 0 Å². The molecule has 0 bridgehead atoms. The zero-order chi connectivity index (χ0) is 12.1. The van der Waals surface area contributed by atoms with Gasteiger partial charge >= 0.3 is 0 Å². The number of ether oxygens (including phenoxy) is 1. The molecule has 2 rings (SSSR count). The summed E-state index contributed by atoms with van der Waals surface area (Å²) in [5.74, 6) is 0.616. The summed E-state index contributed by atoms with van der Waals surface area (Å²) in [6.45, 7) is 0.495. The van der Waals surface area contributed by atoms with Gasteiger partial charge in [0.2, 0.25) is 0 Å². The molecule has 0 saturated heterocycles. The Balaban J connectivity index is 1.78. The van der Waals surface area contributed by atoms with Gasteiger partial charge in [-0.3, -0.25) is 20.4 Å². The van der Waals surface area contributed by atoms with Gasteiger partial charge in [-0.15, -0.1) is 0 Å². The molecule has 6 nitrogen and oxygen atoms in total. The van der Waals surface area contributed by atoms with Crippen LogP contribution in [0.1, 0.15) is 6.42 Å². The summed E-state index contributed by atoms with van der Waals surface area (Å²) >= 11 is 0. The molecule has 1 heterocycles. The highest BCUT2D eigenvalue weighted by Gasteiger charge is 2.10. The van der Waals surface area contributed by atoms with Crippen LogP contribution in [-0.2, 0) is 4.84 Å². The lowest BCUT2D eigenvalue weighted by atomic mass is 10.2. The van der Waals surface area contributed by atoms with Gasteiger partial charge in [0.1, 0.15) is 11.9 Å². The Morgan fingerprint density at radius 2 is 2.18 bits per heavy atom. The average Bonchev–Trinajstić information content (AvgIpc) is 2.83. The highest BCUT2D eigenvalue weighted by atomic mass is 16.7. The lowest BCUT2D eigenvalue weighted by Gasteiger charge is -2.09. The van der Waals surface area contributed by atoms with Crippen molar-refractivity contribution in [1.82, 2.24) is 5.48 Å². The molecule has 1 aliphatic rings. The number of rotatable bonds is 5. The minimum absolute atomic E-state index is 0.0213. The predicted molar refractivity (Wildman–Crippen MR) is 60.4 cm³/mol. The number of hydroxylamine groups is 1. The molecule has 0 spiro atoms. The van der Waals surface area contributed by atoms with E-state index in [1.165, 1.54) is 12.1 Å². The molecular formula is C11H12N2O4. The molecule has 17 heavy (non-hydrogen) atoms. The van der Waals surface area contributed by atoms with Crippen LogP contribution in [0.25, 0.3) is 0 Å². The number of hydrogen-bond donors (Lipinski definition) is 1. The van der Waals surface area contributed by atoms with Crippen molar-refractivity contribution in [3.63, 3.8) is 0 Å². The lowest BCUT2D eigenvalue weighted by Crippen LogP contribution is -2.14. The fraction of sp³-hybridized carbons (Fsp3) is 0.273. The van der Waals surface area contributed by atoms with Crippen LogP contribution in [-0.4, -0.2) is 17.6 Å². The van der Waals surface area contributed by atoms with Crippen LogP contribution >= 0.6 is 0 Å². The molecule has 1 N–H and O–H groups in total. The van der Waals surface area contributed by atoms with E-state index >= 15 is 0 Å². The van der Waals surface area contributed by atoms with Crippen molar-refractivity contribution in [3.05, 3.63) is 46.7 Å². The van der Waals surface area contributed by atoms with Gasteiger partial charge in [-0.05, 0) is 18.2 Å². The van der Waals surface area contributed by atoms with Crippen molar-refractivity contribution >= 4 is 5.69 Å². The quantitative estimate of drug-likeness (QED) is 0.623. The van der Waals surface area contributed by atoms with Crippen molar-refractivity contribution in [2.24, 2.45) is 0 Å². The van der Waals surface area contributed by atoms with Crippen molar-refractivity contribution < 1.29 is 14.5 Å². The molecule has 0 aliphatic carbocycles. The van der Waals surface area contributed by atoms with E-state index in [1.54, 1.807) is 18.3 Å². The van der Waals surface area contributed by atoms with E-state index in [0.717, 1.165) is 6.42 Å². The van der Waals surface area contributed by atoms with Crippen LogP contribution in [0.2, 0.25) is 0 Å². The first-order valence-corrected chi connectivity index (χ1v) is 5.21. The molecule has 0 radical (unpaired) electrons. The third kappa shape index (κ3) is 3.18. The molecule has 1 atom stereocenters. The minimum Gasteiger partial charge on any atom is -0.493 e. The summed E-state index contributed by atoms with van der Waals surface area (Å²) in [4.78, 5) is 15.1. The lowest BCUT2D eigenvalue weighted by molar-refractivity contribution is -0.384. The molecule has 1 aliphatic heterocycles. The Morgan fingerprint density at radius 3 is 2.76 bits per heavy atom. The third-order valence-electron chi connectivity index (χ3n) is 2.32. The maximum absolute atomic E-state index is 10.4. The standard InChI is InChI=1S/C11H12N2O4/c14-13(15)9-1-3-10(4-2-9)16-8-6-11-5-7-12-17-11/h1-5,7,11-12H,6,8H2. The Labute approximate surface area is 97.9 Å². The Kier molecular flexibility index (Phi) is 3.56. The summed E-state index contributed by atoms with van der Waals surface area (Å²) in [5, 5.41) is 10.4. The first-order chi connectivity index (χ1) is 8.25. The van der Waals surface area contributed by atoms with E-state index in [4.69, 9.17) is 9.57 Å². The minimum atomic E-state index is -0.438. The van der Waals surface area contributed by atoms with Gasteiger partial charge in [-0.25, -0.2) is 0 Å². The number of nitrogens with zero attached hydrogens (tertiary/aromatic N) is 1. The normalized spacial score (nSPS) is 17.8. The van der Waals surface area contributed by atoms with E-state index in [1.807, 2.05) is 6.08 Å². The van der Waals surface area contributed by atoms with Gasteiger partial charge in [0.15, 0.2) is 0 Å². The molecule has 90 valence electrons. The molecule has 1 aromatic carbocycles. The Hall–Kier alpha value is -2.08. The van der Waals surface area contributed by atoms with Crippen LogP contribution < -0.4 is 10.2 Å². The molecule has 0 aromatic heterocycles. The van der Waals surface area contributed by atoms with Crippen LogP contribution in [0.15, 0.2) is 36.5 Å². The van der Waals surface area contributed by atoms with Crippen LogP contribution in [0, 0.1) is 10.1 Å². The van der Waals surface area contributed by atoms with E-state index in [0.29, 0.717) is 12.4 Å². The predicted octanol–water partition coefficient (Wildman–Crippen LogP) is 1.78. The van der Waals surface area contributed by atoms with Crippen molar-refractivity contribution in [2.75, 3.05) is 6.61 Å². The van der Waals surface area contributed by atoms with Crippen molar-refractivity contribution in [1.29, 1.82) is 0 Å². The van der Waals surface area contributed by atoms with Crippen molar-refractivity contribution in [3.8, 4) is 5.75 Å². The fourth-order valence-electron chi connectivity index (χ4n) is 1.42. The van der Waals surface area contributed by atoms with Crippen LogP contribution in [0.5, 0.6) is 5.75 Å². The van der Waals surface area contributed by atoms with E-state index in [2.05, 4.69) is 5.48 Å². The molecule has 1 unspecified atom stereocenters. The van der Waals surface area contributed by atoms with Gasteiger partial charge < -0.3 is 4.74 Å². The zero-order valence-electron chi connectivity index (χ0n) is 9.04. The number of nitrogens with one attached hydrogen (secondary N) is 1. The summed E-state index contributed by atoms with van der Waals surface area (Å²) in [7, 11) is 0. The first-order valence-electron chi connectivity index (χ1n) is 5.21. The molecule has 0 fully saturated rings. The average molecular weight is 236 g/mol. The summed E-state index contributed by atoms with van der Waals surface area (Å²) in [6, 6.07) is 6.01. The topological polar surface area (TPSA) is 73.6 Å². The van der Waals surface area contributed by atoms with Gasteiger partial charge in [0, 0.05) is 24.8 Å². The van der Waals surface area contributed by atoms with Crippen LogP contribution in [0.4, 0.5) is 5.69 Å². The number of nitro benzene ring substituents is 1. The van der Waals surface area contributed by atoms with Gasteiger partial charge in [-0.1, -0.05) is 0 Å². The first kappa shape index (κ1) is 11.4. The van der Waals surface area contributed by atoms with E-state index in [-0.39, 0.29) is 11.8 Å². The molecule has 1 aromatic rings. The highest BCUT2D eigenvalue weighted by Crippen LogP contribution is 2.17. The number of benzene rings is 1. The molecule has 6 heteroatoms. The maximum Gasteiger partial charge on any atom is 0.269 e. The summed E-state index contributed by atoms with van der Waals surface area (Å²) < 4.78 is 5.44. The largest absolute Gasteiger partial charge is 0.493 e. The molecule has 0 amide bonds. The second-order valence-electron chi connectivity index (χ2n) is 3.52. The number of non-ortho nitro benzene ring substituents is 1. The second kappa shape index (κ2) is 5.31. The van der Waals surface area contributed by atoms with Crippen molar-refractivity contribution in [2.45, 2.75) is 12.5 Å². The highest BCUT2D eigenvalue weighted by molar-refractivity contribution is 5.35. The van der Waals surface area contributed by atoms with E-state index in [9.17, 15) is 10.1 Å². The third-order valence-corrected chi connectivity index (χ3v) is 2.32. The number of nitro groups is 1. The number of hydrogen-bond acceptors (Lipinski definition) is 5. The fourth-order valence-corrected chi connectivity index (χ4v) is 1.42. The zero-order valence-corrected chi connectivity index (χ0v) is 9.04. The van der Waals surface area contributed by atoms with E-state index < -0.39 is 4.92 Å². The molecular weight excluding hydrogens is 224 g/mol. The summed E-state index contributed by atoms with van der Waals surface area (Å²) in [5.41, 5.74) is 2.69. The maximum atomic E-state index is 10.4. The SMILES string of the molecule is O=[N+]([O-])c1ccc(OCCC2C=CNO2)cc1. The molecule has 0 saturated carbocycles. The smallest absolute Gasteiger partial charge is 0.269 e. The monoisotopic (exact) mass is 236 g/mol. The summed E-state index contributed by atoms with van der Waals surface area (Å²) in [6.07, 6.45) is 4.38. The Morgan fingerprint density at radius 1 is 1.41 bits per heavy atom. The second-order valence-corrected chi connectivity index (χ2v) is 3.52. The Bertz CT molecular complexity index is 416. The van der Waals surface area contributed by atoms with Gasteiger partial charge in [0.05, 0.1) is 11.5 Å². The van der Waals surface area contributed by atoms with Gasteiger partial charge in [0.25, 0.3) is 5.69 Å². The van der Waals surface area contributed by atoms with Gasteiger partial charge in [-0.2, -0.15) is 0 Å².